The van der Waals surface area contributed by atoms with Crippen LogP contribution in [-0.2, 0) is 11.3 Å². The predicted molar refractivity (Wildman–Crippen MR) is 71.8 cm³/mol. The number of nitrogens with zero attached hydrogens (tertiary/aromatic N) is 3. The van der Waals surface area contributed by atoms with Crippen molar-refractivity contribution in [1.82, 2.24) is 25.1 Å². The van der Waals surface area contributed by atoms with Crippen LogP contribution in [0.3, 0.4) is 0 Å². The molecule has 3 N–H and O–H groups in total. The van der Waals surface area contributed by atoms with E-state index in [-0.39, 0.29) is 17.6 Å². The highest BCUT2D eigenvalue weighted by Gasteiger charge is 2.28. The van der Waals surface area contributed by atoms with Gasteiger partial charge >= 0.3 is 12.0 Å². The number of urea groups is 1. The summed E-state index contributed by atoms with van der Waals surface area (Å²) in [6.07, 6.45) is 2.79. The molecule has 1 aliphatic heterocycles. The van der Waals surface area contributed by atoms with E-state index in [9.17, 15) is 14.4 Å². The minimum atomic E-state index is -1.09. The number of rotatable bonds is 4. The minimum absolute atomic E-state index is 0.0392. The van der Waals surface area contributed by atoms with Gasteiger partial charge in [0.25, 0.3) is 0 Å². The molecule has 1 aromatic rings. The van der Waals surface area contributed by atoms with Gasteiger partial charge in [0, 0.05) is 32.4 Å². The number of carboxylic acids is 1. The fourth-order valence-electron chi connectivity index (χ4n) is 2.05. The van der Waals surface area contributed by atoms with Gasteiger partial charge in [-0.05, 0) is 6.92 Å². The van der Waals surface area contributed by atoms with Crippen LogP contribution in [0.2, 0.25) is 0 Å². The van der Waals surface area contributed by atoms with E-state index in [0.717, 1.165) is 0 Å². The SMILES string of the molecule is CC1C(=O)NCCN1C(=O)NCCn1cnc(C(=O)O)c1. The van der Waals surface area contributed by atoms with Crippen molar-refractivity contribution in [2.24, 2.45) is 0 Å². The highest BCUT2D eigenvalue weighted by atomic mass is 16.4. The lowest BCUT2D eigenvalue weighted by Crippen LogP contribution is -2.58. The number of carboxylic acid groups (broad SMARTS) is 1. The molecule has 0 spiro atoms. The minimum Gasteiger partial charge on any atom is -0.476 e. The summed E-state index contributed by atoms with van der Waals surface area (Å²) in [7, 11) is 0. The average Bonchev–Trinajstić information content (AvgIpc) is 2.91. The molecule has 2 rings (SSSR count). The van der Waals surface area contributed by atoms with Gasteiger partial charge in [0.1, 0.15) is 6.04 Å². The third kappa shape index (κ3) is 3.50. The van der Waals surface area contributed by atoms with Crippen LogP contribution in [0.4, 0.5) is 4.79 Å². The van der Waals surface area contributed by atoms with Gasteiger partial charge in [-0.1, -0.05) is 0 Å². The maximum Gasteiger partial charge on any atom is 0.356 e. The van der Waals surface area contributed by atoms with E-state index in [4.69, 9.17) is 5.11 Å². The Balaban J connectivity index is 1.81. The van der Waals surface area contributed by atoms with E-state index in [1.807, 2.05) is 0 Å². The van der Waals surface area contributed by atoms with Crippen molar-refractivity contribution in [2.45, 2.75) is 19.5 Å². The molecule has 114 valence electrons. The number of aromatic nitrogens is 2. The second-order valence-corrected chi connectivity index (χ2v) is 4.69. The number of nitrogens with one attached hydrogen (secondary N) is 2. The molecule has 1 atom stereocenters. The van der Waals surface area contributed by atoms with E-state index < -0.39 is 12.0 Å². The van der Waals surface area contributed by atoms with Crippen molar-refractivity contribution in [2.75, 3.05) is 19.6 Å². The third-order valence-electron chi connectivity index (χ3n) is 3.26. The molecule has 9 heteroatoms. The lowest BCUT2D eigenvalue weighted by Gasteiger charge is -2.32. The summed E-state index contributed by atoms with van der Waals surface area (Å²) in [4.78, 5) is 39.3. The molecule has 1 fully saturated rings. The molecule has 1 saturated heterocycles. The number of hydrogen-bond donors (Lipinski definition) is 3. The number of carbonyl (C=O) groups excluding carboxylic acids is 2. The molecule has 3 amide bonds. The van der Waals surface area contributed by atoms with Crippen LogP contribution in [0.15, 0.2) is 12.5 Å². The Labute approximate surface area is 120 Å². The Morgan fingerprint density at radius 1 is 1.57 bits per heavy atom. The van der Waals surface area contributed by atoms with Crippen LogP contribution in [-0.4, -0.2) is 63.1 Å². The number of piperazine rings is 1. The number of imidazole rings is 1. The maximum absolute atomic E-state index is 12.0. The highest BCUT2D eigenvalue weighted by molar-refractivity contribution is 5.87. The predicted octanol–water partition coefficient (Wildman–Crippen LogP) is -0.889. The second-order valence-electron chi connectivity index (χ2n) is 4.69. The fourth-order valence-corrected chi connectivity index (χ4v) is 2.05. The first kappa shape index (κ1) is 14.8. The van der Waals surface area contributed by atoms with Crippen LogP contribution >= 0.6 is 0 Å². The zero-order valence-corrected chi connectivity index (χ0v) is 11.6. The largest absolute Gasteiger partial charge is 0.476 e. The van der Waals surface area contributed by atoms with Crippen molar-refractivity contribution < 1.29 is 19.5 Å². The Hall–Kier alpha value is -2.58. The van der Waals surface area contributed by atoms with E-state index in [1.54, 1.807) is 11.5 Å². The first-order valence-corrected chi connectivity index (χ1v) is 6.56. The van der Waals surface area contributed by atoms with Gasteiger partial charge in [-0.3, -0.25) is 4.79 Å². The molecule has 1 aliphatic rings. The Bertz CT molecular complexity index is 556. The molecule has 2 heterocycles. The molecule has 0 aromatic carbocycles. The van der Waals surface area contributed by atoms with Crippen molar-refractivity contribution in [1.29, 1.82) is 0 Å². The molecular weight excluding hydrogens is 278 g/mol. The van der Waals surface area contributed by atoms with Crippen molar-refractivity contribution in [3.8, 4) is 0 Å². The topological polar surface area (TPSA) is 117 Å². The Morgan fingerprint density at radius 2 is 2.33 bits per heavy atom. The van der Waals surface area contributed by atoms with Gasteiger partial charge in [0.2, 0.25) is 5.91 Å². The van der Waals surface area contributed by atoms with Gasteiger partial charge in [-0.15, -0.1) is 0 Å². The smallest absolute Gasteiger partial charge is 0.356 e. The van der Waals surface area contributed by atoms with Crippen LogP contribution in [0.1, 0.15) is 17.4 Å². The summed E-state index contributed by atoms with van der Waals surface area (Å²) in [5, 5.41) is 14.1. The monoisotopic (exact) mass is 295 g/mol. The van der Waals surface area contributed by atoms with E-state index in [2.05, 4.69) is 15.6 Å². The third-order valence-corrected chi connectivity index (χ3v) is 3.26. The number of aromatic carboxylic acids is 1. The summed E-state index contributed by atoms with van der Waals surface area (Å²) < 4.78 is 1.58. The van der Waals surface area contributed by atoms with E-state index in [0.29, 0.717) is 26.2 Å². The quantitative estimate of drug-likeness (QED) is 0.666. The Kier molecular flexibility index (Phi) is 4.41. The first-order chi connectivity index (χ1) is 9.99. The Morgan fingerprint density at radius 3 is 3.00 bits per heavy atom. The first-order valence-electron chi connectivity index (χ1n) is 6.56. The molecular formula is C12H17N5O4. The van der Waals surface area contributed by atoms with Gasteiger partial charge in [0.15, 0.2) is 5.69 Å². The van der Waals surface area contributed by atoms with Gasteiger partial charge in [0.05, 0.1) is 6.33 Å². The van der Waals surface area contributed by atoms with Crippen LogP contribution in [0.25, 0.3) is 0 Å². The molecule has 0 aliphatic carbocycles. The average molecular weight is 295 g/mol. The summed E-state index contributed by atoms with van der Waals surface area (Å²) in [6, 6.07) is -0.804. The molecule has 0 saturated carbocycles. The van der Waals surface area contributed by atoms with Crippen LogP contribution in [0.5, 0.6) is 0 Å². The number of carbonyl (C=O) groups is 3. The van der Waals surface area contributed by atoms with Crippen molar-refractivity contribution in [3.63, 3.8) is 0 Å². The normalized spacial score (nSPS) is 18.2. The molecule has 9 nitrogen and oxygen atoms in total. The molecule has 1 unspecified atom stereocenters. The molecule has 0 bridgehead atoms. The standard InChI is InChI=1S/C12H17N5O4/c1-8-10(18)13-3-5-17(8)12(21)14-2-4-16-6-9(11(19)20)15-7-16/h6-8H,2-5H2,1H3,(H,13,18)(H,14,21)(H,19,20). The fraction of sp³-hybridized carbons (Fsp3) is 0.500. The lowest BCUT2D eigenvalue weighted by atomic mass is 10.2. The second kappa shape index (κ2) is 6.25. The molecule has 1 aromatic heterocycles. The number of hydrogen-bond acceptors (Lipinski definition) is 4. The van der Waals surface area contributed by atoms with Gasteiger partial charge in [-0.2, -0.15) is 0 Å². The molecule has 0 radical (unpaired) electrons. The summed E-state index contributed by atoms with van der Waals surface area (Å²) in [5.41, 5.74) is -0.0392. The highest BCUT2D eigenvalue weighted by Crippen LogP contribution is 2.03. The molecule has 21 heavy (non-hydrogen) atoms. The maximum atomic E-state index is 12.0. The zero-order valence-electron chi connectivity index (χ0n) is 11.6. The van der Waals surface area contributed by atoms with Crippen LogP contribution in [0, 0.1) is 0 Å². The van der Waals surface area contributed by atoms with Gasteiger partial charge in [-0.25, -0.2) is 14.6 Å². The number of amides is 3. The van der Waals surface area contributed by atoms with E-state index >= 15 is 0 Å². The van der Waals surface area contributed by atoms with E-state index in [1.165, 1.54) is 17.4 Å². The zero-order chi connectivity index (χ0) is 15.4. The van der Waals surface area contributed by atoms with Crippen molar-refractivity contribution in [3.05, 3.63) is 18.2 Å². The summed E-state index contributed by atoms with van der Waals surface area (Å²) in [6.45, 7) is 3.30. The van der Waals surface area contributed by atoms with Crippen molar-refractivity contribution >= 4 is 17.9 Å². The lowest BCUT2D eigenvalue weighted by molar-refractivity contribution is -0.126. The van der Waals surface area contributed by atoms with Gasteiger partial charge < -0.3 is 25.2 Å². The summed E-state index contributed by atoms with van der Waals surface area (Å²) in [5.74, 6) is -1.26. The van der Waals surface area contributed by atoms with Crippen LogP contribution < -0.4 is 10.6 Å². The summed E-state index contributed by atoms with van der Waals surface area (Å²) >= 11 is 0.